The van der Waals surface area contributed by atoms with E-state index >= 15 is 0 Å². The number of nitriles is 1. The molecule has 7 nitrogen and oxygen atoms in total. The second-order valence-corrected chi connectivity index (χ2v) is 6.02. The second kappa shape index (κ2) is 7.59. The molecule has 0 aromatic heterocycles. The number of nitrogens with zero attached hydrogens (tertiary/aromatic N) is 1. The summed E-state index contributed by atoms with van der Waals surface area (Å²) in [5.74, 6) is -0.613. The third kappa shape index (κ3) is 5.20. The zero-order valence-electron chi connectivity index (χ0n) is 12.2. The summed E-state index contributed by atoms with van der Waals surface area (Å²) in [5, 5.41) is 14.4. The number of carbonyl (C=O) groups excluding carboxylic acids is 1. The van der Waals surface area contributed by atoms with Crippen LogP contribution in [0.25, 0.3) is 0 Å². The van der Waals surface area contributed by atoms with Crippen LogP contribution in [-0.4, -0.2) is 24.9 Å². The first kappa shape index (κ1) is 17.7. The maximum absolute atomic E-state index is 11.9. The van der Waals surface area contributed by atoms with Crippen molar-refractivity contribution in [2.75, 3.05) is 5.32 Å². The molecule has 0 heterocycles. The van der Waals surface area contributed by atoms with E-state index in [1.54, 1.807) is 6.07 Å². The average molecular weight is 323 g/mol. The Hall–Kier alpha value is -2.37. The van der Waals surface area contributed by atoms with Gasteiger partial charge in [-0.15, -0.1) is 0 Å². The number of benzene rings is 1. The van der Waals surface area contributed by atoms with Crippen LogP contribution >= 0.6 is 0 Å². The minimum atomic E-state index is -4.28. The molecule has 3 N–H and O–H groups in total. The van der Waals surface area contributed by atoms with Gasteiger partial charge in [-0.05, 0) is 37.6 Å². The molecule has 0 saturated carbocycles. The summed E-state index contributed by atoms with van der Waals surface area (Å²) in [7, 11) is -4.28. The van der Waals surface area contributed by atoms with Gasteiger partial charge in [0.25, 0.3) is 16.0 Å². The van der Waals surface area contributed by atoms with E-state index in [-0.39, 0.29) is 16.5 Å². The van der Waals surface area contributed by atoms with Crippen molar-refractivity contribution >= 4 is 21.7 Å². The van der Waals surface area contributed by atoms with Crippen molar-refractivity contribution in [2.45, 2.75) is 31.2 Å². The van der Waals surface area contributed by atoms with Gasteiger partial charge >= 0.3 is 0 Å². The summed E-state index contributed by atoms with van der Waals surface area (Å²) in [5.41, 5.74) is 0.209. The normalized spacial score (nSPS) is 13.1. The minimum Gasteiger partial charge on any atom is -0.387 e. The second-order valence-electron chi connectivity index (χ2n) is 4.60. The zero-order chi connectivity index (χ0) is 16.8. The highest BCUT2D eigenvalue weighted by atomic mass is 32.2. The van der Waals surface area contributed by atoms with Crippen LogP contribution in [0, 0.1) is 11.3 Å². The van der Waals surface area contributed by atoms with E-state index in [4.69, 9.17) is 9.81 Å². The van der Waals surface area contributed by atoms with Gasteiger partial charge in [-0.1, -0.05) is 6.92 Å². The Morgan fingerprint density at radius 3 is 2.45 bits per heavy atom. The third-order valence-electron chi connectivity index (χ3n) is 2.90. The van der Waals surface area contributed by atoms with Gasteiger partial charge in [0.1, 0.15) is 11.6 Å². The third-order valence-corrected chi connectivity index (χ3v) is 3.77. The van der Waals surface area contributed by atoms with Crippen LogP contribution in [0.5, 0.6) is 0 Å². The van der Waals surface area contributed by atoms with Crippen molar-refractivity contribution in [3.05, 3.63) is 36.0 Å². The number of amides is 1. The first-order valence-corrected chi connectivity index (χ1v) is 7.97. The summed E-state index contributed by atoms with van der Waals surface area (Å²) in [6.07, 6.45) is 2.18. The van der Waals surface area contributed by atoms with Gasteiger partial charge in [-0.2, -0.15) is 13.7 Å². The number of rotatable bonds is 6. The van der Waals surface area contributed by atoms with Crippen molar-refractivity contribution < 1.29 is 17.8 Å². The number of nitrogens with one attached hydrogen (secondary N) is 2. The fourth-order valence-corrected chi connectivity index (χ4v) is 1.88. The van der Waals surface area contributed by atoms with E-state index in [0.29, 0.717) is 5.69 Å². The Morgan fingerprint density at radius 2 is 2.00 bits per heavy atom. The van der Waals surface area contributed by atoms with Crippen LogP contribution in [0.4, 0.5) is 5.69 Å². The van der Waals surface area contributed by atoms with Gasteiger partial charge in [0.2, 0.25) is 0 Å². The van der Waals surface area contributed by atoms with E-state index in [2.05, 4.69) is 10.6 Å². The topological polar surface area (TPSA) is 119 Å². The molecule has 0 aliphatic heterocycles. The molecule has 0 fully saturated rings. The predicted molar refractivity (Wildman–Crippen MR) is 81.5 cm³/mol. The Morgan fingerprint density at radius 1 is 1.41 bits per heavy atom. The zero-order valence-corrected chi connectivity index (χ0v) is 13.0. The van der Waals surface area contributed by atoms with Gasteiger partial charge in [-0.3, -0.25) is 9.35 Å². The standard InChI is InChI=1S/C14H17N3O4S/c1-3-10(2)16-9-11(8-15)14(18)17-12-4-6-13(7-5-12)22(19,20)21/h4-7,9-10,16H,3H2,1-2H3,(H,17,18)(H,19,20,21)/b11-9-. The fraction of sp³-hybridized carbons (Fsp3) is 0.286. The molecule has 0 aliphatic carbocycles. The largest absolute Gasteiger partial charge is 0.387 e. The van der Waals surface area contributed by atoms with Crippen LogP contribution in [0.3, 0.4) is 0 Å². The molecular weight excluding hydrogens is 306 g/mol. The lowest BCUT2D eigenvalue weighted by Gasteiger charge is -2.09. The summed E-state index contributed by atoms with van der Waals surface area (Å²) >= 11 is 0. The number of hydrogen-bond acceptors (Lipinski definition) is 5. The molecule has 1 rings (SSSR count). The SMILES string of the molecule is CCC(C)N/C=C(/C#N)C(=O)Nc1ccc(S(=O)(=O)O)cc1. The molecule has 22 heavy (non-hydrogen) atoms. The molecule has 1 atom stereocenters. The lowest BCUT2D eigenvalue weighted by atomic mass is 10.2. The van der Waals surface area contributed by atoms with Crippen LogP contribution < -0.4 is 10.6 Å². The molecule has 0 bridgehead atoms. The van der Waals surface area contributed by atoms with Crippen molar-refractivity contribution in [2.24, 2.45) is 0 Å². The van der Waals surface area contributed by atoms with E-state index in [9.17, 15) is 13.2 Å². The highest BCUT2D eigenvalue weighted by Crippen LogP contribution is 2.14. The van der Waals surface area contributed by atoms with Gasteiger partial charge in [0.15, 0.2) is 0 Å². The molecule has 0 aliphatic rings. The molecule has 1 amide bonds. The Balaban J connectivity index is 2.81. The van der Waals surface area contributed by atoms with E-state index in [1.165, 1.54) is 18.3 Å². The molecule has 1 aromatic carbocycles. The van der Waals surface area contributed by atoms with Crippen molar-refractivity contribution in [3.8, 4) is 6.07 Å². The molecular formula is C14H17N3O4S. The van der Waals surface area contributed by atoms with Crippen LogP contribution in [0.2, 0.25) is 0 Å². The molecule has 0 spiro atoms. The van der Waals surface area contributed by atoms with Crippen LogP contribution in [0.1, 0.15) is 20.3 Å². The highest BCUT2D eigenvalue weighted by Gasteiger charge is 2.12. The number of anilines is 1. The van der Waals surface area contributed by atoms with Gasteiger partial charge in [-0.25, -0.2) is 0 Å². The number of hydrogen-bond donors (Lipinski definition) is 3. The van der Waals surface area contributed by atoms with Gasteiger partial charge in [0, 0.05) is 17.9 Å². The summed E-state index contributed by atoms with van der Waals surface area (Å²) < 4.78 is 30.7. The van der Waals surface area contributed by atoms with Gasteiger partial charge < -0.3 is 10.6 Å². The first-order valence-electron chi connectivity index (χ1n) is 6.53. The van der Waals surface area contributed by atoms with Crippen molar-refractivity contribution in [1.29, 1.82) is 5.26 Å². The lowest BCUT2D eigenvalue weighted by molar-refractivity contribution is -0.112. The summed E-state index contributed by atoms with van der Waals surface area (Å²) in [6, 6.07) is 6.85. The average Bonchev–Trinajstić information content (AvgIpc) is 2.47. The maximum Gasteiger partial charge on any atom is 0.294 e. The monoisotopic (exact) mass is 323 g/mol. The van der Waals surface area contributed by atoms with Crippen LogP contribution in [0.15, 0.2) is 40.9 Å². The minimum absolute atomic E-state index is 0.0980. The lowest BCUT2D eigenvalue weighted by Crippen LogP contribution is -2.22. The number of carbonyl (C=O) groups is 1. The smallest absolute Gasteiger partial charge is 0.294 e. The molecule has 1 unspecified atom stereocenters. The summed E-state index contributed by atoms with van der Waals surface area (Å²) in [4.78, 5) is 11.6. The van der Waals surface area contributed by atoms with Crippen molar-refractivity contribution in [3.63, 3.8) is 0 Å². The Bertz CT molecular complexity index is 703. The maximum atomic E-state index is 11.9. The summed E-state index contributed by atoms with van der Waals surface area (Å²) in [6.45, 7) is 3.88. The van der Waals surface area contributed by atoms with E-state index in [0.717, 1.165) is 18.6 Å². The molecule has 1 aromatic rings. The molecule has 0 radical (unpaired) electrons. The first-order chi connectivity index (χ1) is 10.3. The molecule has 8 heteroatoms. The Kier molecular flexibility index (Phi) is 6.10. The Labute approximate surface area is 129 Å². The fourth-order valence-electron chi connectivity index (χ4n) is 1.40. The molecule has 0 saturated heterocycles. The van der Waals surface area contributed by atoms with Gasteiger partial charge in [0.05, 0.1) is 4.90 Å². The predicted octanol–water partition coefficient (Wildman–Crippen LogP) is 1.67. The molecule has 118 valence electrons. The highest BCUT2D eigenvalue weighted by molar-refractivity contribution is 7.85. The van der Waals surface area contributed by atoms with E-state index in [1.807, 2.05) is 13.8 Å². The van der Waals surface area contributed by atoms with Crippen molar-refractivity contribution in [1.82, 2.24) is 5.32 Å². The van der Waals surface area contributed by atoms with E-state index < -0.39 is 16.0 Å². The quantitative estimate of drug-likeness (QED) is 0.416. The van der Waals surface area contributed by atoms with Crippen LogP contribution in [-0.2, 0) is 14.9 Å².